The molecule has 5 nitrogen and oxygen atoms in total. The SMILES string of the molecule is CN1CCN(c2nc(C(C)(C)C)nc3nc(-c4ccccc4Cl)c(-c4ccc(Cl)cc4)cc23)CC1. The lowest BCUT2D eigenvalue weighted by Gasteiger charge is -2.34. The van der Waals surface area contributed by atoms with E-state index in [1.807, 2.05) is 48.5 Å². The third kappa shape index (κ3) is 4.86. The van der Waals surface area contributed by atoms with Crippen molar-refractivity contribution in [1.29, 1.82) is 0 Å². The minimum absolute atomic E-state index is 0.212. The zero-order valence-electron chi connectivity index (χ0n) is 20.5. The molecule has 0 aliphatic carbocycles. The van der Waals surface area contributed by atoms with E-state index in [2.05, 4.69) is 43.7 Å². The first-order valence-electron chi connectivity index (χ1n) is 11.9. The van der Waals surface area contributed by atoms with Gasteiger partial charge < -0.3 is 9.80 Å². The molecule has 0 amide bonds. The van der Waals surface area contributed by atoms with Gasteiger partial charge in [0.05, 0.1) is 11.1 Å². The third-order valence-corrected chi connectivity index (χ3v) is 7.01. The molecular weight excluding hydrogens is 477 g/mol. The number of hydrogen-bond donors (Lipinski definition) is 0. The zero-order chi connectivity index (χ0) is 24.7. The summed E-state index contributed by atoms with van der Waals surface area (Å²) < 4.78 is 0. The van der Waals surface area contributed by atoms with E-state index in [1.54, 1.807) is 0 Å². The van der Waals surface area contributed by atoms with E-state index in [1.165, 1.54) is 0 Å². The van der Waals surface area contributed by atoms with Crippen molar-refractivity contribution >= 4 is 40.1 Å². The van der Waals surface area contributed by atoms with Gasteiger partial charge in [0.25, 0.3) is 0 Å². The molecule has 0 atom stereocenters. The molecule has 2 aromatic heterocycles. The van der Waals surface area contributed by atoms with Crippen molar-refractivity contribution < 1.29 is 0 Å². The Morgan fingerprint density at radius 3 is 2.14 bits per heavy atom. The molecule has 1 aliphatic rings. The minimum atomic E-state index is -0.212. The van der Waals surface area contributed by atoms with Gasteiger partial charge in [-0.2, -0.15) is 0 Å². The van der Waals surface area contributed by atoms with Crippen LogP contribution in [0.1, 0.15) is 26.6 Å². The Kier molecular flexibility index (Phi) is 6.43. The number of piperazine rings is 1. The summed E-state index contributed by atoms with van der Waals surface area (Å²) in [6, 6.07) is 17.8. The van der Waals surface area contributed by atoms with Crippen LogP contribution in [0, 0.1) is 0 Å². The normalized spacial score (nSPS) is 15.1. The first-order valence-corrected chi connectivity index (χ1v) is 12.6. The molecule has 0 bridgehead atoms. The van der Waals surface area contributed by atoms with E-state index in [0.717, 1.165) is 65.6 Å². The highest BCUT2D eigenvalue weighted by Gasteiger charge is 2.26. The summed E-state index contributed by atoms with van der Waals surface area (Å²) in [6.45, 7) is 10.2. The summed E-state index contributed by atoms with van der Waals surface area (Å²) in [7, 11) is 2.16. The van der Waals surface area contributed by atoms with E-state index in [4.69, 9.17) is 38.2 Å². The van der Waals surface area contributed by atoms with Gasteiger partial charge in [-0.15, -0.1) is 0 Å². The number of hydrogen-bond acceptors (Lipinski definition) is 5. The lowest BCUT2D eigenvalue weighted by molar-refractivity contribution is 0.312. The summed E-state index contributed by atoms with van der Waals surface area (Å²) in [5, 5.41) is 2.29. The maximum absolute atomic E-state index is 6.66. The fourth-order valence-electron chi connectivity index (χ4n) is 4.34. The molecule has 0 unspecified atom stereocenters. The second-order valence-electron chi connectivity index (χ2n) is 10.2. The van der Waals surface area contributed by atoms with Gasteiger partial charge in [0, 0.05) is 52.8 Å². The number of halogens is 2. The first-order chi connectivity index (χ1) is 16.7. The van der Waals surface area contributed by atoms with Gasteiger partial charge >= 0.3 is 0 Å². The van der Waals surface area contributed by atoms with Crippen LogP contribution in [-0.2, 0) is 5.41 Å². The minimum Gasteiger partial charge on any atom is -0.353 e. The van der Waals surface area contributed by atoms with E-state index < -0.39 is 0 Å². The average molecular weight is 506 g/mol. The number of pyridine rings is 1. The molecule has 1 saturated heterocycles. The smallest absolute Gasteiger partial charge is 0.165 e. The van der Waals surface area contributed by atoms with Crippen molar-refractivity contribution in [2.75, 3.05) is 38.1 Å². The Bertz CT molecular complexity index is 1370. The van der Waals surface area contributed by atoms with Gasteiger partial charge in [0.15, 0.2) is 5.65 Å². The molecule has 0 radical (unpaired) electrons. The van der Waals surface area contributed by atoms with Crippen molar-refractivity contribution in [2.24, 2.45) is 0 Å². The van der Waals surface area contributed by atoms with E-state index >= 15 is 0 Å². The lowest BCUT2D eigenvalue weighted by atomic mass is 9.95. The topological polar surface area (TPSA) is 45.2 Å². The molecule has 0 spiro atoms. The zero-order valence-corrected chi connectivity index (χ0v) is 22.0. The summed E-state index contributed by atoms with van der Waals surface area (Å²) in [5.74, 6) is 1.73. The number of fused-ring (bicyclic) bond motifs is 1. The van der Waals surface area contributed by atoms with E-state index in [0.29, 0.717) is 15.7 Å². The first kappa shape index (κ1) is 24.0. The predicted molar refractivity (Wildman–Crippen MR) is 147 cm³/mol. The number of anilines is 1. The molecule has 0 saturated carbocycles. The largest absolute Gasteiger partial charge is 0.353 e. The molecule has 1 aliphatic heterocycles. The van der Waals surface area contributed by atoms with Crippen LogP contribution in [0.25, 0.3) is 33.4 Å². The van der Waals surface area contributed by atoms with Gasteiger partial charge in [-0.25, -0.2) is 15.0 Å². The predicted octanol–water partition coefficient (Wildman–Crippen LogP) is 6.71. The maximum atomic E-state index is 6.66. The fourth-order valence-corrected chi connectivity index (χ4v) is 4.69. The van der Waals surface area contributed by atoms with Crippen LogP contribution in [0.4, 0.5) is 5.82 Å². The highest BCUT2D eigenvalue weighted by atomic mass is 35.5. The van der Waals surface area contributed by atoms with Gasteiger partial charge in [0.1, 0.15) is 11.6 Å². The standard InChI is InChI=1S/C28H29Cl2N5/c1-28(2,3)27-32-25-22(26(33-27)35-15-13-34(4)14-16-35)17-21(18-9-11-19(29)12-10-18)24(31-25)20-7-5-6-8-23(20)30/h5-12,17H,13-16H2,1-4H3. The molecule has 1 fully saturated rings. The number of nitrogens with zero attached hydrogens (tertiary/aromatic N) is 5. The van der Waals surface area contributed by atoms with Gasteiger partial charge in [-0.1, -0.05) is 74.3 Å². The Hall–Kier alpha value is -2.73. The van der Waals surface area contributed by atoms with Crippen LogP contribution in [-0.4, -0.2) is 53.1 Å². The molecule has 35 heavy (non-hydrogen) atoms. The van der Waals surface area contributed by atoms with Gasteiger partial charge in [0.2, 0.25) is 0 Å². The van der Waals surface area contributed by atoms with Crippen LogP contribution in [0.15, 0.2) is 54.6 Å². The average Bonchev–Trinajstić information content (AvgIpc) is 2.83. The number of likely N-dealkylation sites (N-methyl/N-ethyl adjacent to an activating group) is 1. The summed E-state index contributed by atoms with van der Waals surface area (Å²) in [6.07, 6.45) is 0. The quantitative estimate of drug-likeness (QED) is 0.309. The van der Waals surface area contributed by atoms with Crippen molar-refractivity contribution in [2.45, 2.75) is 26.2 Å². The Balaban J connectivity index is 1.81. The Morgan fingerprint density at radius 2 is 1.49 bits per heavy atom. The van der Waals surface area contributed by atoms with Gasteiger partial charge in [-0.3, -0.25) is 0 Å². The summed E-state index contributed by atoms with van der Waals surface area (Å²) in [4.78, 5) is 19.9. The fraction of sp³-hybridized carbons (Fsp3) is 0.321. The van der Waals surface area contributed by atoms with Crippen molar-refractivity contribution in [1.82, 2.24) is 19.9 Å². The van der Waals surface area contributed by atoms with Crippen LogP contribution in [0.3, 0.4) is 0 Å². The highest BCUT2D eigenvalue weighted by molar-refractivity contribution is 6.33. The highest BCUT2D eigenvalue weighted by Crippen LogP contribution is 2.39. The summed E-state index contributed by atoms with van der Waals surface area (Å²) >= 11 is 12.9. The van der Waals surface area contributed by atoms with Gasteiger partial charge in [-0.05, 0) is 36.9 Å². The van der Waals surface area contributed by atoms with E-state index in [-0.39, 0.29) is 5.41 Å². The maximum Gasteiger partial charge on any atom is 0.165 e. The van der Waals surface area contributed by atoms with Crippen LogP contribution >= 0.6 is 23.2 Å². The summed E-state index contributed by atoms with van der Waals surface area (Å²) in [5.41, 5.74) is 4.14. The number of rotatable bonds is 3. The van der Waals surface area contributed by atoms with E-state index in [9.17, 15) is 0 Å². The second kappa shape index (κ2) is 9.38. The third-order valence-electron chi connectivity index (χ3n) is 6.42. The van der Waals surface area contributed by atoms with Crippen molar-refractivity contribution in [3.8, 4) is 22.4 Å². The molecule has 5 rings (SSSR count). The van der Waals surface area contributed by atoms with Crippen LogP contribution in [0.5, 0.6) is 0 Å². The molecule has 3 heterocycles. The molecular formula is C28H29Cl2N5. The molecule has 7 heteroatoms. The second-order valence-corrected chi connectivity index (χ2v) is 11.0. The van der Waals surface area contributed by atoms with Crippen molar-refractivity contribution in [3.63, 3.8) is 0 Å². The Morgan fingerprint density at radius 1 is 0.800 bits per heavy atom. The molecule has 4 aromatic rings. The van der Waals surface area contributed by atoms with Crippen molar-refractivity contribution in [3.05, 3.63) is 70.5 Å². The molecule has 180 valence electrons. The molecule has 0 N–H and O–H groups in total. The molecule has 2 aromatic carbocycles. The number of benzene rings is 2. The monoisotopic (exact) mass is 505 g/mol. The Labute approximate surface area is 216 Å². The number of aromatic nitrogens is 3. The van der Waals surface area contributed by atoms with Crippen LogP contribution < -0.4 is 4.90 Å². The van der Waals surface area contributed by atoms with Crippen LogP contribution in [0.2, 0.25) is 10.0 Å². The lowest BCUT2D eigenvalue weighted by Crippen LogP contribution is -2.45.